The Balaban J connectivity index is 1.65. The van der Waals surface area contributed by atoms with Crippen LogP contribution in [0.2, 0.25) is 5.15 Å². The minimum Gasteiger partial charge on any atom is -0.444 e. The molecule has 1 saturated heterocycles. The van der Waals surface area contributed by atoms with E-state index in [2.05, 4.69) is 19.5 Å². The first-order chi connectivity index (χ1) is 13.2. The molecule has 0 atom stereocenters. The van der Waals surface area contributed by atoms with Crippen molar-refractivity contribution in [1.29, 1.82) is 0 Å². The van der Waals surface area contributed by atoms with Crippen molar-refractivity contribution in [3.8, 4) is 0 Å². The standard InChI is InChI=1S/C20H24ClN5O2/c1-12-23-15-11-22-14-5-6-16(21)24-17(14)18(15)26(12)13-7-9-25(10-8-13)19(27)28-20(2,3)4/h5-6,11,13H,7-10H2,1-4H3. The van der Waals surface area contributed by atoms with E-state index in [-0.39, 0.29) is 12.1 Å². The average Bonchev–Trinajstić information content (AvgIpc) is 2.96. The number of hydrogen-bond donors (Lipinski definition) is 0. The third-order valence-corrected chi connectivity index (χ3v) is 5.20. The highest BCUT2D eigenvalue weighted by molar-refractivity contribution is 6.30. The lowest BCUT2D eigenvalue weighted by molar-refractivity contribution is 0.0189. The highest BCUT2D eigenvalue weighted by Gasteiger charge is 2.29. The van der Waals surface area contributed by atoms with E-state index >= 15 is 0 Å². The Labute approximate surface area is 168 Å². The zero-order valence-electron chi connectivity index (χ0n) is 16.6. The maximum atomic E-state index is 12.4. The van der Waals surface area contributed by atoms with Crippen LogP contribution in [0.3, 0.4) is 0 Å². The van der Waals surface area contributed by atoms with Gasteiger partial charge >= 0.3 is 6.09 Å². The number of aromatic nitrogens is 4. The number of carbonyl (C=O) groups is 1. The van der Waals surface area contributed by atoms with Crippen LogP contribution in [0, 0.1) is 6.92 Å². The summed E-state index contributed by atoms with van der Waals surface area (Å²) in [4.78, 5) is 27.8. The Hall–Kier alpha value is -2.41. The van der Waals surface area contributed by atoms with Gasteiger partial charge < -0.3 is 14.2 Å². The largest absolute Gasteiger partial charge is 0.444 e. The zero-order valence-corrected chi connectivity index (χ0v) is 17.3. The van der Waals surface area contributed by atoms with Gasteiger partial charge in [-0.3, -0.25) is 4.98 Å². The van der Waals surface area contributed by atoms with Crippen LogP contribution in [-0.4, -0.2) is 49.2 Å². The fourth-order valence-corrected chi connectivity index (χ4v) is 3.96. The highest BCUT2D eigenvalue weighted by atomic mass is 35.5. The first-order valence-corrected chi connectivity index (χ1v) is 9.88. The first kappa shape index (κ1) is 18.9. The zero-order chi connectivity index (χ0) is 20.1. The number of carbonyl (C=O) groups excluding carboxylic acids is 1. The SMILES string of the molecule is Cc1nc2cnc3ccc(Cl)nc3c2n1C1CCN(C(=O)OC(C)(C)C)CC1. The molecule has 4 heterocycles. The van der Waals surface area contributed by atoms with Crippen LogP contribution in [-0.2, 0) is 4.74 Å². The number of amides is 1. The molecule has 1 amide bonds. The van der Waals surface area contributed by atoms with Gasteiger partial charge in [0.2, 0.25) is 0 Å². The number of ether oxygens (including phenoxy) is 1. The molecule has 3 aromatic heterocycles. The Kier molecular flexibility index (Phi) is 4.65. The molecule has 1 aliphatic rings. The van der Waals surface area contributed by atoms with Crippen molar-refractivity contribution in [2.24, 2.45) is 0 Å². The Morgan fingerprint density at radius 3 is 2.57 bits per heavy atom. The number of halogens is 1. The average molecular weight is 402 g/mol. The van der Waals surface area contributed by atoms with Crippen molar-refractivity contribution in [3.05, 3.63) is 29.3 Å². The molecule has 0 bridgehead atoms. The molecular formula is C20H24ClN5O2. The molecule has 8 heteroatoms. The van der Waals surface area contributed by atoms with Gasteiger partial charge in [0.15, 0.2) is 0 Å². The Bertz CT molecular complexity index is 1050. The van der Waals surface area contributed by atoms with Crippen LogP contribution in [0.4, 0.5) is 4.79 Å². The molecule has 0 aromatic carbocycles. The van der Waals surface area contributed by atoms with Crippen molar-refractivity contribution in [2.75, 3.05) is 13.1 Å². The normalized spacial score (nSPS) is 16.1. The van der Waals surface area contributed by atoms with E-state index in [0.717, 1.165) is 40.7 Å². The number of hydrogen-bond acceptors (Lipinski definition) is 5. The monoisotopic (exact) mass is 401 g/mol. The molecule has 0 aliphatic carbocycles. The molecule has 0 saturated carbocycles. The molecule has 0 N–H and O–H groups in total. The predicted octanol–water partition coefficient (Wildman–Crippen LogP) is 4.51. The number of nitrogens with zero attached hydrogens (tertiary/aromatic N) is 5. The van der Waals surface area contributed by atoms with E-state index in [1.807, 2.05) is 33.8 Å². The summed E-state index contributed by atoms with van der Waals surface area (Å²) in [6, 6.07) is 3.85. The Morgan fingerprint density at radius 1 is 1.18 bits per heavy atom. The summed E-state index contributed by atoms with van der Waals surface area (Å²) in [5.41, 5.74) is 2.85. The number of aryl methyl sites for hydroxylation is 1. The van der Waals surface area contributed by atoms with Gasteiger partial charge in [-0.25, -0.2) is 14.8 Å². The van der Waals surface area contributed by atoms with Gasteiger partial charge in [0.05, 0.1) is 17.2 Å². The second-order valence-electron chi connectivity index (χ2n) is 8.22. The molecule has 0 unspecified atom stereocenters. The molecular weight excluding hydrogens is 378 g/mol. The van der Waals surface area contributed by atoms with Crippen molar-refractivity contribution >= 4 is 39.8 Å². The smallest absolute Gasteiger partial charge is 0.410 e. The van der Waals surface area contributed by atoms with Crippen molar-refractivity contribution in [3.63, 3.8) is 0 Å². The molecule has 7 nitrogen and oxygen atoms in total. The minimum atomic E-state index is -0.484. The summed E-state index contributed by atoms with van der Waals surface area (Å²) in [5, 5.41) is 0.437. The topological polar surface area (TPSA) is 73.1 Å². The predicted molar refractivity (Wildman–Crippen MR) is 109 cm³/mol. The summed E-state index contributed by atoms with van der Waals surface area (Å²) in [6.45, 7) is 8.95. The first-order valence-electron chi connectivity index (χ1n) is 9.50. The maximum absolute atomic E-state index is 12.4. The lowest BCUT2D eigenvalue weighted by Gasteiger charge is -2.34. The number of rotatable bonds is 1. The van der Waals surface area contributed by atoms with Gasteiger partial charge in [-0.2, -0.15) is 0 Å². The molecule has 28 heavy (non-hydrogen) atoms. The fourth-order valence-electron chi connectivity index (χ4n) is 3.81. The lowest BCUT2D eigenvalue weighted by Crippen LogP contribution is -2.42. The van der Waals surface area contributed by atoms with Crippen molar-refractivity contribution < 1.29 is 9.53 Å². The van der Waals surface area contributed by atoms with E-state index in [1.165, 1.54) is 0 Å². The number of piperidine rings is 1. The summed E-state index contributed by atoms with van der Waals surface area (Å²) in [7, 11) is 0. The fraction of sp³-hybridized carbons (Fsp3) is 0.500. The molecule has 4 rings (SSSR count). The van der Waals surface area contributed by atoms with Gasteiger partial charge in [-0.15, -0.1) is 0 Å². The van der Waals surface area contributed by atoms with Gasteiger partial charge in [0.1, 0.15) is 27.6 Å². The summed E-state index contributed by atoms with van der Waals surface area (Å²) >= 11 is 6.14. The molecule has 148 valence electrons. The second kappa shape index (κ2) is 6.88. The minimum absolute atomic E-state index is 0.232. The van der Waals surface area contributed by atoms with E-state index in [1.54, 1.807) is 17.2 Å². The number of fused-ring (bicyclic) bond motifs is 3. The van der Waals surface area contributed by atoms with Gasteiger partial charge in [-0.1, -0.05) is 11.6 Å². The van der Waals surface area contributed by atoms with Crippen molar-refractivity contribution in [1.82, 2.24) is 24.4 Å². The number of likely N-dealkylation sites (tertiary alicyclic amines) is 1. The third kappa shape index (κ3) is 3.51. The van der Waals surface area contributed by atoms with Crippen LogP contribution >= 0.6 is 11.6 Å². The number of imidazole rings is 1. The molecule has 0 radical (unpaired) electrons. The van der Waals surface area contributed by atoms with Crippen LogP contribution in [0.1, 0.15) is 45.5 Å². The molecule has 0 spiro atoms. The summed E-state index contributed by atoms with van der Waals surface area (Å²) < 4.78 is 7.73. The second-order valence-corrected chi connectivity index (χ2v) is 8.61. The quantitative estimate of drug-likeness (QED) is 0.561. The molecule has 1 fully saturated rings. The maximum Gasteiger partial charge on any atom is 0.410 e. The highest BCUT2D eigenvalue weighted by Crippen LogP contribution is 2.32. The van der Waals surface area contributed by atoms with Gasteiger partial charge in [0.25, 0.3) is 0 Å². The van der Waals surface area contributed by atoms with Crippen LogP contribution in [0.15, 0.2) is 18.3 Å². The van der Waals surface area contributed by atoms with E-state index in [4.69, 9.17) is 16.3 Å². The Morgan fingerprint density at radius 2 is 1.89 bits per heavy atom. The van der Waals surface area contributed by atoms with E-state index in [0.29, 0.717) is 18.2 Å². The van der Waals surface area contributed by atoms with Crippen molar-refractivity contribution in [2.45, 2.75) is 52.2 Å². The van der Waals surface area contributed by atoms with Crippen LogP contribution in [0.25, 0.3) is 22.1 Å². The summed E-state index contributed by atoms with van der Waals surface area (Å²) in [6.07, 6.45) is 3.19. The van der Waals surface area contributed by atoms with Gasteiger partial charge in [0, 0.05) is 19.1 Å². The third-order valence-electron chi connectivity index (χ3n) is 4.99. The van der Waals surface area contributed by atoms with Crippen LogP contribution in [0.5, 0.6) is 0 Å². The van der Waals surface area contributed by atoms with E-state index in [9.17, 15) is 4.79 Å². The van der Waals surface area contributed by atoms with Gasteiger partial charge in [-0.05, 0) is 52.7 Å². The van der Waals surface area contributed by atoms with Crippen LogP contribution < -0.4 is 0 Å². The number of pyridine rings is 2. The summed E-state index contributed by atoms with van der Waals surface area (Å²) in [5.74, 6) is 0.918. The lowest BCUT2D eigenvalue weighted by atomic mass is 10.0. The molecule has 3 aromatic rings. The molecule has 1 aliphatic heterocycles. The van der Waals surface area contributed by atoms with E-state index < -0.39 is 5.60 Å².